The van der Waals surface area contributed by atoms with Gasteiger partial charge in [-0.3, -0.25) is 0 Å². The van der Waals surface area contributed by atoms with Crippen molar-refractivity contribution in [1.82, 2.24) is 0 Å². The van der Waals surface area contributed by atoms with Crippen LogP contribution in [0.1, 0.15) is 7.43 Å². The minimum atomic E-state index is -5.53. The van der Waals surface area contributed by atoms with Gasteiger partial charge >= 0.3 is 59.1 Å². The second-order valence-corrected chi connectivity index (χ2v) is 7.71. The summed E-state index contributed by atoms with van der Waals surface area (Å²) in [5, 5.41) is 0. The zero-order chi connectivity index (χ0) is 9.50. The topological polar surface area (TPSA) is 152 Å². The molecule has 15 heavy (non-hydrogen) atoms. The van der Waals surface area contributed by atoms with E-state index in [0.29, 0.717) is 0 Å². The van der Waals surface area contributed by atoms with Crippen LogP contribution in [-0.4, -0.2) is 19.1 Å². The first kappa shape index (κ1) is 30.7. The van der Waals surface area contributed by atoms with Crippen LogP contribution >= 0.6 is 38.4 Å². The third-order valence-electron chi connectivity index (χ3n) is 0.680. The van der Waals surface area contributed by atoms with Gasteiger partial charge in [-0.2, -0.15) is 0 Å². The van der Waals surface area contributed by atoms with Gasteiger partial charge in [-0.15, -0.1) is 0 Å². The summed E-state index contributed by atoms with van der Waals surface area (Å²) in [4.78, 5) is 36.3. The monoisotopic (exact) mass is 322 g/mol. The molecule has 0 saturated carbocycles. The molecule has 84 valence electrons. The average Bonchev–Trinajstić information content (AvgIpc) is 1.58. The molecule has 0 aliphatic heterocycles. The summed E-state index contributed by atoms with van der Waals surface area (Å²) >= 11 is 9.21. The molecule has 0 aromatic carbocycles. The van der Waals surface area contributed by atoms with Crippen LogP contribution in [0.3, 0.4) is 0 Å². The summed E-state index contributed by atoms with van der Waals surface area (Å²) < 4.78 is 16.6. The van der Waals surface area contributed by atoms with Crippen molar-refractivity contribution >= 4 is 38.4 Å². The molecule has 2 unspecified atom stereocenters. The van der Waals surface area contributed by atoms with Crippen molar-refractivity contribution in [3.05, 3.63) is 0 Å². The van der Waals surface area contributed by atoms with Gasteiger partial charge in [0.05, 0.1) is 0 Å². The van der Waals surface area contributed by atoms with E-state index in [4.69, 9.17) is 9.79 Å². The second-order valence-electron chi connectivity index (χ2n) is 1.55. The number of hydrogen-bond acceptors (Lipinski definition) is 4. The van der Waals surface area contributed by atoms with Gasteiger partial charge in [-0.05, 0) is 0 Å². The van der Waals surface area contributed by atoms with Crippen molar-refractivity contribution in [3.8, 4) is 0 Å². The maximum Gasteiger partial charge on any atom is 1.00 e. The van der Waals surface area contributed by atoms with Crippen molar-refractivity contribution in [2.45, 2.75) is 11.2 Å². The number of hydrogen-bond donors (Lipinski definition) is 2. The van der Waals surface area contributed by atoms with Crippen molar-refractivity contribution in [3.63, 3.8) is 0 Å². The standard InChI is InChI=1S/CH4Cl2O6P2.CH4.2Na.H2O/c2-1(3,10(4,5)6)11(7,8)9;;;;/h(H2,4,5,6)(H2,7,8,9);1H4;;;1H2/q;;2*+1;/p-2. The number of halogens is 2. The summed E-state index contributed by atoms with van der Waals surface area (Å²) in [5.74, 6) is 0. The van der Waals surface area contributed by atoms with E-state index in [0.717, 1.165) is 0 Å². The quantitative estimate of drug-likeness (QED) is 0.293. The van der Waals surface area contributed by atoms with E-state index in [1.165, 1.54) is 0 Å². The predicted molar refractivity (Wildman–Crippen MR) is 44.4 cm³/mol. The third-order valence-corrected chi connectivity index (χ3v) is 6.12. The minimum absolute atomic E-state index is 0. The van der Waals surface area contributed by atoms with Gasteiger partial charge in [-0.25, -0.2) is 0 Å². The Morgan fingerprint density at radius 1 is 1.00 bits per heavy atom. The van der Waals surface area contributed by atoms with E-state index in [9.17, 15) is 18.9 Å². The molecular formula is C2H8Cl2Na2O7P2. The van der Waals surface area contributed by atoms with E-state index < -0.39 is 19.0 Å². The average molecular weight is 323 g/mol. The molecule has 2 atom stereocenters. The Labute approximate surface area is 141 Å². The summed E-state index contributed by atoms with van der Waals surface area (Å²) in [6.07, 6.45) is 0. The third kappa shape index (κ3) is 8.54. The molecule has 0 saturated heterocycles. The van der Waals surface area contributed by atoms with E-state index in [-0.39, 0.29) is 72.0 Å². The Balaban J connectivity index is -0.0000000833. The Kier molecular flexibility index (Phi) is 19.9. The molecule has 0 spiro atoms. The predicted octanol–water partition coefficient (Wildman–Crippen LogP) is -7.01. The van der Waals surface area contributed by atoms with E-state index in [1.807, 2.05) is 0 Å². The van der Waals surface area contributed by atoms with Crippen LogP contribution in [0.4, 0.5) is 0 Å². The second kappa shape index (κ2) is 9.73. The fraction of sp³-hybridized carbons (Fsp3) is 1.00. The molecule has 13 heteroatoms. The maximum atomic E-state index is 10.1. The van der Waals surface area contributed by atoms with Gasteiger partial charge in [-0.1, -0.05) is 30.6 Å². The molecular weight excluding hydrogens is 315 g/mol. The van der Waals surface area contributed by atoms with Gasteiger partial charge < -0.3 is 34.2 Å². The molecule has 0 bridgehead atoms. The van der Waals surface area contributed by atoms with Crippen LogP contribution in [0, 0.1) is 0 Å². The smallest absolute Gasteiger partial charge is 0.776 e. The largest absolute Gasteiger partial charge is 1.00 e. The van der Waals surface area contributed by atoms with Crippen LogP contribution in [0.2, 0.25) is 0 Å². The summed E-state index contributed by atoms with van der Waals surface area (Å²) in [5.41, 5.74) is 0. The zero-order valence-electron chi connectivity index (χ0n) is 7.18. The van der Waals surface area contributed by atoms with Crippen molar-refractivity contribution < 1.29 is 93.3 Å². The fourth-order valence-electron chi connectivity index (χ4n) is 0.160. The van der Waals surface area contributed by atoms with E-state index >= 15 is 0 Å². The van der Waals surface area contributed by atoms with Crippen molar-refractivity contribution in [2.24, 2.45) is 0 Å². The van der Waals surface area contributed by atoms with Gasteiger partial charge in [0.15, 0.2) is 15.2 Å². The van der Waals surface area contributed by atoms with Gasteiger partial charge in [0, 0.05) is 0 Å². The molecule has 7 nitrogen and oxygen atoms in total. The maximum absolute atomic E-state index is 10.1. The molecule has 4 N–H and O–H groups in total. The normalized spacial score (nSPS) is 17.5. The van der Waals surface area contributed by atoms with Crippen molar-refractivity contribution in [2.75, 3.05) is 0 Å². The Morgan fingerprint density at radius 3 is 1.13 bits per heavy atom. The van der Waals surface area contributed by atoms with Gasteiger partial charge in [0.2, 0.25) is 3.82 Å². The molecule has 0 aromatic rings. The Morgan fingerprint density at radius 2 is 1.13 bits per heavy atom. The first-order chi connectivity index (χ1) is 4.50. The number of alkyl halides is 2. The summed E-state index contributed by atoms with van der Waals surface area (Å²) in [6, 6.07) is 0. The zero-order valence-corrected chi connectivity index (χ0v) is 14.5. The van der Waals surface area contributed by atoms with Crippen molar-refractivity contribution in [1.29, 1.82) is 0 Å². The first-order valence-corrected chi connectivity index (χ1v) is 5.87. The molecule has 0 heterocycles. The van der Waals surface area contributed by atoms with Gasteiger partial charge in [0.25, 0.3) is 0 Å². The van der Waals surface area contributed by atoms with Crippen LogP contribution in [0.5, 0.6) is 0 Å². The van der Waals surface area contributed by atoms with E-state index in [2.05, 4.69) is 23.2 Å². The van der Waals surface area contributed by atoms with Crippen LogP contribution in [0.25, 0.3) is 0 Å². The van der Waals surface area contributed by atoms with E-state index in [1.54, 1.807) is 0 Å². The molecule has 0 fully saturated rings. The molecule has 0 aliphatic rings. The SMILES string of the molecule is C.O.O=P([O-])(O)C(Cl)(Cl)P(=O)([O-])O.[Na+].[Na+]. The fourth-order valence-corrected chi connectivity index (χ4v) is 1.44. The number of rotatable bonds is 2. The Bertz CT molecular complexity index is 223. The molecule has 0 radical (unpaired) electrons. The molecule has 0 rings (SSSR count). The summed E-state index contributed by atoms with van der Waals surface area (Å²) in [6.45, 7) is 0. The first-order valence-electron chi connectivity index (χ1n) is 1.96. The van der Waals surface area contributed by atoms with Gasteiger partial charge in [0.1, 0.15) is 0 Å². The molecule has 0 aromatic heterocycles. The van der Waals surface area contributed by atoms with Crippen LogP contribution < -0.4 is 68.9 Å². The Hall–Kier alpha value is 2.84. The van der Waals surface area contributed by atoms with Crippen LogP contribution in [0.15, 0.2) is 0 Å². The molecule has 0 aliphatic carbocycles. The molecule has 0 amide bonds. The summed E-state index contributed by atoms with van der Waals surface area (Å²) in [7, 11) is -11.1. The van der Waals surface area contributed by atoms with Crippen LogP contribution in [-0.2, 0) is 9.13 Å². The minimum Gasteiger partial charge on any atom is -0.776 e.